The van der Waals surface area contributed by atoms with E-state index < -0.39 is 5.60 Å². The summed E-state index contributed by atoms with van der Waals surface area (Å²) < 4.78 is 10.6. The van der Waals surface area contributed by atoms with Crippen molar-refractivity contribution in [3.05, 3.63) is 23.3 Å². The number of ether oxygens (including phenoxy) is 2. The fraction of sp³-hybridized carbons (Fsp3) is 0.625. The summed E-state index contributed by atoms with van der Waals surface area (Å²) in [6.07, 6.45) is 0. The van der Waals surface area contributed by atoms with Crippen molar-refractivity contribution < 1.29 is 14.6 Å². The molecule has 0 aliphatic carbocycles. The Morgan fingerprint density at radius 1 is 1.20 bits per heavy atom. The van der Waals surface area contributed by atoms with Crippen LogP contribution in [0.5, 0.6) is 11.5 Å². The second-order valence-electron chi connectivity index (χ2n) is 5.75. The zero-order valence-electron chi connectivity index (χ0n) is 13.4. The van der Waals surface area contributed by atoms with Gasteiger partial charge in [-0.2, -0.15) is 0 Å². The molecule has 0 heterocycles. The third kappa shape index (κ3) is 4.12. The van der Waals surface area contributed by atoms with Crippen LogP contribution < -0.4 is 14.8 Å². The molecule has 1 aromatic carbocycles. The number of methoxy groups -OCH3 is 2. The zero-order valence-corrected chi connectivity index (χ0v) is 13.4. The summed E-state index contributed by atoms with van der Waals surface area (Å²) >= 11 is 0. The Morgan fingerprint density at radius 3 is 2.25 bits per heavy atom. The van der Waals surface area contributed by atoms with Crippen molar-refractivity contribution in [3.63, 3.8) is 0 Å². The van der Waals surface area contributed by atoms with Crippen LogP contribution in [0.25, 0.3) is 0 Å². The van der Waals surface area contributed by atoms with Crippen LogP contribution in [0.15, 0.2) is 12.1 Å². The summed E-state index contributed by atoms with van der Waals surface area (Å²) in [6.45, 7) is 9.17. The van der Waals surface area contributed by atoms with E-state index >= 15 is 0 Å². The lowest BCUT2D eigenvalue weighted by atomic mass is 9.92. The minimum absolute atomic E-state index is 0.210. The third-order valence-electron chi connectivity index (χ3n) is 3.88. The van der Waals surface area contributed by atoms with E-state index in [1.165, 1.54) is 0 Å². The molecule has 4 heteroatoms. The Hall–Kier alpha value is -1.26. The van der Waals surface area contributed by atoms with Crippen molar-refractivity contribution >= 4 is 0 Å². The van der Waals surface area contributed by atoms with E-state index in [1.54, 1.807) is 14.2 Å². The van der Waals surface area contributed by atoms with Gasteiger partial charge in [0, 0.05) is 13.1 Å². The van der Waals surface area contributed by atoms with Gasteiger partial charge in [-0.15, -0.1) is 0 Å². The van der Waals surface area contributed by atoms with Gasteiger partial charge in [-0.05, 0) is 43.0 Å². The number of nitrogens with one attached hydrogen (secondary N) is 1. The van der Waals surface area contributed by atoms with Crippen LogP contribution in [0.1, 0.15) is 31.9 Å². The van der Waals surface area contributed by atoms with E-state index in [9.17, 15) is 5.11 Å². The van der Waals surface area contributed by atoms with E-state index in [0.29, 0.717) is 13.1 Å². The van der Waals surface area contributed by atoms with Crippen molar-refractivity contribution in [2.75, 3.05) is 20.8 Å². The summed E-state index contributed by atoms with van der Waals surface area (Å²) in [4.78, 5) is 0. The van der Waals surface area contributed by atoms with Gasteiger partial charge in [0.2, 0.25) is 0 Å². The Kier molecular flexibility index (Phi) is 5.84. The van der Waals surface area contributed by atoms with Crippen LogP contribution in [0.4, 0.5) is 0 Å². The van der Waals surface area contributed by atoms with Crippen molar-refractivity contribution in [1.29, 1.82) is 0 Å². The number of rotatable bonds is 7. The highest BCUT2D eigenvalue weighted by atomic mass is 16.5. The minimum Gasteiger partial charge on any atom is -0.493 e. The molecule has 0 spiro atoms. The van der Waals surface area contributed by atoms with Crippen molar-refractivity contribution in [3.8, 4) is 11.5 Å². The van der Waals surface area contributed by atoms with Crippen LogP contribution in [0.3, 0.4) is 0 Å². The summed E-state index contributed by atoms with van der Waals surface area (Å²) in [5.74, 6) is 1.68. The third-order valence-corrected chi connectivity index (χ3v) is 3.88. The smallest absolute Gasteiger partial charge is 0.161 e. The van der Waals surface area contributed by atoms with Crippen molar-refractivity contribution in [2.45, 2.75) is 39.8 Å². The van der Waals surface area contributed by atoms with Gasteiger partial charge in [-0.25, -0.2) is 0 Å². The predicted molar refractivity (Wildman–Crippen MR) is 81.5 cm³/mol. The van der Waals surface area contributed by atoms with Crippen molar-refractivity contribution in [1.82, 2.24) is 5.32 Å². The van der Waals surface area contributed by atoms with E-state index in [2.05, 4.69) is 5.32 Å². The molecule has 0 fully saturated rings. The molecule has 0 saturated carbocycles. The molecule has 0 saturated heterocycles. The highest BCUT2D eigenvalue weighted by Gasteiger charge is 2.24. The largest absolute Gasteiger partial charge is 0.493 e. The molecule has 0 radical (unpaired) electrons. The fourth-order valence-electron chi connectivity index (χ4n) is 1.87. The Bertz CT molecular complexity index is 442. The lowest BCUT2D eigenvalue weighted by Crippen LogP contribution is -2.42. The maximum Gasteiger partial charge on any atom is 0.161 e. The number of benzene rings is 1. The number of aliphatic hydroxyl groups is 1. The molecule has 4 nitrogen and oxygen atoms in total. The molecule has 1 atom stereocenters. The monoisotopic (exact) mass is 281 g/mol. The van der Waals surface area contributed by atoms with Crippen LogP contribution in [0.2, 0.25) is 0 Å². The lowest BCUT2D eigenvalue weighted by molar-refractivity contribution is 0.0140. The second-order valence-corrected chi connectivity index (χ2v) is 5.75. The van der Waals surface area contributed by atoms with E-state index in [0.717, 1.165) is 22.6 Å². The molecule has 0 bridgehead atoms. The number of aryl methyl sites for hydroxylation is 1. The van der Waals surface area contributed by atoms with Crippen LogP contribution in [-0.2, 0) is 6.54 Å². The summed E-state index contributed by atoms with van der Waals surface area (Å²) in [5, 5.41) is 13.5. The SMILES string of the molecule is COc1cc(C)c(CNCC(C)(O)C(C)C)cc1OC. The number of hydrogen-bond acceptors (Lipinski definition) is 4. The quantitative estimate of drug-likeness (QED) is 0.806. The average Bonchev–Trinajstić information content (AvgIpc) is 2.39. The predicted octanol–water partition coefficient (Wildman–Crippen LogP) is 2.51. The second kappa shape index (κ2) is 6.95. The van der Waals surface area contributed by atoms with Gasteiger partial charge >= 0.3 is 0 Å². The topological polar surface area (TPSA) is 50.7 Å². The Balaban J connectivity index is 2.74. The molecule has 2 N–H and O–H groups in total. The van der Waals surface area contributed by atoms with E-state index in [4.69, 9.17) is 9.47 Å². The Morgan fingerprint density at radius 2 is 1.75 bits per heavy atom. The normalized spacial score (nSPS) is 14.2. The molecule has 1 unspecified atom stereocenters. The fourth-order valence-corrected chi connectivity index (χ4v) is 1.87. The summed E-state index contributed by atoms with van der Waals surface area (Å²) in [6, 6.07) is 3.95. The number of hydrogen-bond donors (Lipinski definition) is 2. The van der Waals surface area contributed by atoms with Gasteiger partial charge in [-0.1, -0.05) is 13.8 Å². The van der Waals surface area contributed by atoms with Crippen molar-refractivity contribution in [2.24, 2.45) is 5.92 Å². The first-order chi connectivity index (χ1) is 9.31. The summed E-state index contributed by atoms with van der Waals surface area (Å²) in [7, 11) is 3.27. The van der Waals surface area contributed by atoms with Gasteiger partial charge in [-0.3, -0.25) is 0 Å². The molecule has 0 aliphatic heterocycles. The first kappa shape index (κ1) is 16.8. The van der Waals surface area contributed by atoms with Gasteiger partial charge in [0.05, 0.1) is 19.8 Å². The van der Waals surface area contributed by atoms with Gasteiger partial charge in [0.25, 0.3) is 0 Å². The molecule has 1 rings (SSSR count). The van der Waals surface area contributed by atoms with Gasteiger partial charge < -0.3 is 19.9 Å². The minimum atomic E-state index is -0.704. The first-order valence-electron chi connectivity index (χ1n) is 6.96. The molecule has 0 amide bonds. The first-order valence-corrected chi connectivity index (χ1v) is 6.96. The molecule has 0 aliphatic rings. The van der Waals surface area contributed by atoms with E-state index in [-0.39, 0.29) is 5.92 Å². The average molecular weight is 281 g/mol. The van der Waals surface area contributed by atoms with Gasteiger partial charge in [0.15, 0.2) is 11.5 Å². The highest BCUT2D eigenvalue weighted by Crippen LogP contribution is 2.30. The molecular formula is C16H27NO3. The molecule has 20 heavy (non-hydrogen) atoms. The maximum atomic E-state index is 10.2. The maximum absolute atomic E-state index is 10.2. The molecule has 1 aromatic rings. The molecule has 114 valence electrons. The van der Waals surface area contributed by atoms with E-state index in [1.807, 2.05) is 39.8 Å². The lowest BCUT2D eigenvalue weighted by Gasteiger charge is -2.28. The molecular weight excluding hydrogens is 254 g/mol. The molecule has 0 aromatic heterocycles. The van der Waals surface area contributed by atoms with Crippen LogP contribution in [0, 0.1) is 12.8 Å². The van der Waals surface area contributed by atoms with Gasteiger partial charge in [0.1, 0.15) is 0 Å². The Labute approximate surface area is 122 Å². The van der Waals surface area contributed by atoms with Crippen LogP contribution >= 0.6 is 0 Å². The summed E-state index contributed by atoms with van der Waals surface area (Å²) in [5.41, 5.74) is 1.58. The standard InChI is InChI=1S/C16H27NO3/c1-11(2)16(4,18)10-17-9-13-8-15(20-6)14(19-5)7-12(13)3/h7-8,11,17-18H,9-10H2,1-6H3. The highest BCUT2D eigenvalue weighted by molar-refractivity contribution is 5.46. The zero-order chi connectivity index (χ0) is 15.3. The van der Waals surface area contributed by atoms with Crippen LogP contribution in [-0.4, -0.2) is 31.5 Å².